The molecule has 1 aliphatic rings. The van der Waals surface area contributed by atoms with Crippen LogP contribution in [0.4, 0.5) is 10.1 Å². The molecule has 0 bridgehead atoms. The summed E-state index contributed by atoms with van der Waals surface area (Å²) in [5.41, 5.74) is 6.60. The van der Waals surface area contributed by atoms with Crippen molar-refractivity contribution in [1.29, 1.82) is 0 Å². The number of ether oxygens (including phenoxy) is 2. The number of thioether (sulfide) groups is 1. The number of benzene rings is 2. The summed E-state index contributed by atoms with van der Waals surface area (Å²) in [6, 6.07) is 9.49. The molecule has 0 saturated heterocycles. The van der Waals surface area contributed by atoms with Crippen LogP contribution in [-0.2, 0) is 10.5 Å². The van der Waals surface area contributed by atoms with Crippen molar-refractivity contribution in [2.24, 2.45) is 0 Å². The zero-order valence-corrected chi connectivity index (χ0v) is 16.3. The lowest BCUT2D eigenvalue weighted by Crippen LogP contribution is -2.44. The van der Waals surface area contributed by atoms with E-state index in [-0.39, 0.29) is 29.4 Å². The second-order valence-electron chi connectivity index (χ2n) is 5.42. The molecule has 1 heterocycles. The molecule has 1 aliphatic heterocycles. The Bertz CT molecular complexity index is 869. The summed E-state index contributed by atoms with van der Waals surface area (Å²) in [6.07, 6.45) is 0. The summed E-state index contributed by atoms with van der Waals surface area (Å²) in [7, 11) is 0. The van der Waals surface area contributed by atoms with Gasteiger partial charge in [0, 0.05) is 22.5 Å². The third-order valence-electron chi connectivity index (χ3n) is 3.45. The van der Waals surface area contributed by atoms with E-state index < -0.39 is 0 Å². The first-order valence-electron chi connectivity index (χ1n) is 7.78. The second kappa shape index (κ2) is 9.12. The normalized spacial score (nSPS) is 11.8. The van der Waals surface area contributed by atoms with Gasteiger partial charge in [-0.15, -0.1) is 11.8 Å². The molecule has 1 amide bonds. The fourth-order valence-electron chi connectivity index (χ4n) is 2.19. The summed E-state index contributed by atoms with van der Waals surface area (Å²) in [6.45, 7) is 0.193. The van der Waals surface area contributed by atoms with Gasteiger partial charge in [0.05, 0.1) is 5.75 Å². The number of rotatable bonds is 5. The third-order valence-corrected chi connectivity index (χ3v) is 4.99. The Morgan fingerprint density at radius 3 is 2.81 bits per heavy atom. The van der Waals surface area contributed by atoms with Crippen LogP contribution in [0.5, 0.6) is 11.5 Å². The van der Waals surface area contributed by atoms with E-state index in [4.69, 9.17) is 33.3 Å². The predicted octanol–water partition coefficient (Wildman–Crippen LogP) is 3.46. The van der Waals surface area contributed by atoms with Crippen molar-refractivity contribution < 1.29 is 18.7 Å². The first-order valence-corrected chi connectivity index (χ1v) is 9.72. The molecule has 2 aromatic carbocycles. The molecule has 0 atom stereocenters. The number of fused-ring (bicyclic) bond motifs is 1. The third kappa shape index (κ3) is 5.62. The molecular weight excluding hydrogens is 413 g/mol. The summed E-state index contributed by atoms with van der Waals surface area (Å²) in [4.78, 5) is 11.9. The van der Waals surface area contributed by atoms with Crippen LogP contribution in [0.3, 0.4) is 0 Å². The van der Waals surface area contributed by atoms with Crippen molar-refractivity contribution in [2.75, 3.05) is 17.9 Å². The van der Waals surface area contributed by atoms with Crippen molar-refractivity contribution in [1.82, 2.24) is 10.9 Å². The van der Waals surface area contributed by atoms with Gasteiger partial charge in [0.25, 0.3) is 0 Å². The van der Waals surface area contributed by atoms with E-state index >= 15 is 0 Å². The minimum atomic E-state index is -0.390. The van der Waals surface area contributed by atoms with Gasteiger partial charge in [-0.2, -0.15) is 0 Å². The van der Waals surface area contributed by atoms with Gasteiger partial charge in [0.2, 0.25) is 12.7 Å². The number of hydrazine groups is 1. The van der Waals surface area contributed by atoms with E-state index in [1.54, 1.807) is 24.3 Å². The van der Waals surface area contributed by atoms with E-state index in [1.807, 2.05) is 0 Å². The molecule has 0 unspecified atom stereocenters. The van der Waals surface area contributed by atoms with Crippen LogP contribution in [0.2, 0.25) is 5.02 Å². The molecular formula is C17H15ClFN3O3S2. The van der Waals surface area contributed by atoms with Gasteiger partial charge in [-0.05, 0) is 42.0 Å². The number of hydrogen-bond acceptors (Lipinski definition) is 5. The molecule has 2 aromatic rings. The molecule has 0 saturated carbocycles. The van der Waals surface area contributed by atoms with Crippen molar-refractivity contribution in [3.8, 4) is 11.5 Å². The number of anilines is 1. The van der Waals surface area contributed by atoms with Crippen LogP contribution in [0.1, 0.15) is 5.56 Å². The smallest absolute Gasteiger partial charge is 0.248 e. The average molecular weight is 428 g/mol. The van der Waals surface area contributed by atoms with Gasteiger partial charge in [0.1, 0.15) is 5.82 Å². The minimum Gasteiger partial charge on any atom is -0.454 e. The molecule has 27 heavy (non-hydrogen) atoms. The Morgan fingerprint density at radius 2 is 2.00 bits per heavy atom. The standard InChI is InChI=1S/C17H15ClFN3O3S2/c18-13-5-11(19)2-1-10(13)7-27-8-16(23)21-22-17(26)20-12-3-4-14-15(6-12)25-9-24-14/h1-6H,7-9H2,(H,21,23)(H2,20,22,26). The molecule has 3 rings (SSSR count). The molecule has 0 radical (unpaired) electrons. The molecule has 0 spiro atoms. The maximum atomic E-state index is 13.0. The summed E-state index contributed by atoms with van der Waals surface area (Å²) >= 11 is 12.4. The molecule has 0 aliphatic carbocycles. The Balaban J connectivity index is 1.38. The lowest BCUT2D eigenvalue weighted by atomic mass is 10.2. The Morgan fingerprint density at radius 1 is 1.19 bits per heavy atom. The maximum Gasteiger partial charge on any atom is 0.248 e. The monoisotopic (exact) mass is 427 g/mol. The fourth-order valence-corrected chi connectivity index (χ4v) is 3.51. The van der Waals surface area contributed by atoms with E-state index in [2.05, 4.69) is 16.2 Å². The van der Waals surface area contributed by atoms with Crippen LogP contribution >= 0.6 is 35.6 Å². The SMILES string of the molecule is O=C(CSCc1ccc(F)cc1Cl)NNC(=S)Nc1ccc2c(c1)OCO2. The summed E-state index contributed by atoms with van der Waals surface area (Å²) in [5, 5.41) is 3.51. The van der Waals surface area contributed by atoms with Crippen LogP contribution < -0.4 is 25.6 Å². The van der Waals surface area contributed by atoms with E-state index in [1.165, 1.54) is 23.9 Å². The Hall–Kier alpha value is -2.23. The van der Waals surface area contributed by atoms with E-state index in [0.29, 0.717) is 28.0 Å². The number of halogens is 2. The lowest BCUT2D eigenvalue weighted by Gasteiger charge is -2.12. The average Bonchev–Trinajstić information content (AvgIpc) is 3.09. The van der Waals surface area contributed by atoms with Crippen LogP contribution in [0, 0.1) is 5.82 Å². The summed E-state index contributed by atoms with van der Waals surface area (Å²) in [5.74, 6) is 1.33. The Kier molecular flexibility index (Phi) is 6.59. The molecule has 0 aromatic heterocycles. The maximum absolute atomic E-state index is 13.0. The van der Waals surface area contributed by atoms with Crippen molar-refractivity contribution in [2.45, 2.75) is 5.75 Å². The molecule has 3 N–H and O–H groups in total. The molecule has 6 nitrogen and oxygen atoms in total. The van der Waals surface area contributed by atoms with Gasteiger partial charge in [-0.25, -0.2) is 4.39 Å². The van der Waals surface area contributed by atoms with Crippen LogP contribution in [-0.4, -0.2) is 23.6 Å². The van der Waals surface area contributed by atoms with Crippen molar-refractivity contribution in [3.05, 3.63) is 52.8 Å². The number of nitrogens with one attached hydrogen (secondary N) is 3. The number of hydrogen-bond donors (Lipinski definition) is 3. The molecule has 142 valence electrons. The van der Waals surface area contributed by atoms with Crippen LogP contribution in [0.25, 0.3) is 0 Å². The number of amides is 1. The highest BCUT2D eigenvalue weighted by atomic mass is 35.5. The predicted molar refractivity (Wildman–Crippen MR) is 108 cm³/mol. The minimum absolute atomic E-state index is 0.188. The zero-order valence-electron chi connectivity index (χ0n) is 13.9. The number of thiocarbonyl (C=S) groups is 1. The highest BCUT2D eigenvalue weighted by molar-refractivity contribution is 7.99. The van der Waals surface area contributed by atoms with E-state index in [9.17, 15) is 9.18 Å². The summed E-state index contributed by atoms with van der Waals surface area (Å²) < 4.78 is 23.5. The van der Waals surface area contributed by atoms with Crippen molar-refractivity contribution in [3.63, 3.8) is 0 Å². The van der Waals surface area contributed by atoms with Gasteiger partial charge < -0.3 is 14.8 Å². The number of carbonyl (C=O) groups excluding carboxylic acids is 1. The van der Waals surface area contributed by atoms with Gasteiger partial charge in [0.15, 0.2) is 16.6 Å². The zero-order chi connectivity index (χ0) is 19.2. The largest absolute Gasteiger partial charge is 0.454 e. The van der Waals surface area contributed by atoms with Crippen molar-refractivity contribution >= 4 is 52.3 Å². The fraction of sp³-hybridized carbons (Fsp3) is 0.176. The first kappa shape index (κ1) is 19.5. The highest BCUT2D eigenvalue weighted by Crippen LogP contribution is 2.34. The van der Waals surface area contributed by atoms with E-state index in [0.717, 1.165) is 5.56 Å². The first-order chi connectivity index (χ1) is 13.0. The highest BCUT2D eigenvalue weighted by Gasteiger charge is 2.13. The van der Waals surface area contributed by atoms with Gasteiger partial charge in [-0.3, -0.25) is 15.6 Å². The van der Waals surface area contributed by atoms with Gasteiger partial charge >= 0.3 is 0 Å². The lowest BCUT2D eigenvalue weighted by molar-refractivity contribution is -0.119. The molecule has 10 heteroatoms. The van der Waals surface area contributed by atoms with Crippen LogP contribution in [0.15, 0.2) is 36.4 Å². The Labute approximate surface area is 169 Å². The molecule has 0 fully saturated rings. The number of carbonyl (C=O) groups is 1. The quantitative estimate of drug-likeness (QED) is 0.498. The second-order valence-corrected chi connectivity index (χ2v) is 7.22. The topological polar surface area (TPSA) is 71.6 Å². The van der Waals surface area contributed by atoms with Gasteiger partial charge in [-0.1, -0.05) is 17.7 Å².